The fourth-order valence-corrected chi connectivity index (χ4v) is 5.79. The molecular weight excluding hydrogens is 493 g/mol. The minimum Gasteiger partial charge on any atom is -0.352 e. The maximum atomic E-state index is 13.4. The Morgan fingerprint density at radius 1 is 1.05 bits per heavy atom. The number of amides is 2. The molecule has 37 heavy (non-hydrogen) atoms. The predicted molar refractivity (Wildman–Crippen MR) is 144 cm³/mol. The minimum absolute atomic E-state index is 0.0696. The van der Waals surface area contributed by atoms with Gasteiger partial charge in [0.25, 0.3) is 0 Å². The first-order valence-electron chi connectivity index (χ1n) is 12.9. The van der Waals surface area contributed by atoms with Crippen LogP contribution in [0.4, 0.5) is 10.1 Å². The lowest BCUT2D eigenvalue weighted by atomic mass is 9.95. The molecule has 1 saturated carbocycles. The van der Waals surface area contributed by atoms with Crippen molar-refractivity contribution < 1.29 is 22.4 Å². The number of anilines is 1. The molecule has 3 rings (SSSR count). The molecule has 202 valence electrons. The summed E-state index contributed by atoms with van der Waals surface area (Å²) in [7, 11) is -3.55. The van der Waals surface area contributed by atoms with E-state index in [1.807, 2.05) is 19.1 Å². The zero-order valence-electron chi connectivity index (χ0n) is 22.0. The van der Waals surface area contributed by atoms with Crippen molar-refractivity contribution in [3.8, 4) is 0 Å². The molecule has 2 amide bonds. The van der Waals surface area contributed by atoms with E-state index < -0.39 is 16.1 Å². The molecule has 7 nitrogen and oxygen atoms in total. The van der Waals surface area contributed by atoms with Crippen LogP contribution in [0.1, 0.15) is 63.0 Å². The van der Waals surface area contributed by atoms with Crippen molar-refractivity contribution >= 4 is 27.5 Å². The van der Waals surface area contributed by atoms with E-state index in [2.05, 4.69) is 5.32 Å². The summed E-state index contributed by atoms with van der Waals surface area (Å²) in [5.74, 6) is -0.837. The predicted octanol–water partition coefficient (Wildman–Crippen LogP) is 4.55. The molecule has 0 saturated heterocycles. The molecule has 0 aromatic heterocycles. The Balaban J connectivity index is 1.71. The Hall–Kier alpha value is -2.94. The molecule has 1 fully saturated rings. The second kappa shape index (κ2) is 13.0. The summed E-state index contributed by atoms with van der Waals surface area (Å²) in [6.07, 6.45) is 6.71. The molecular formula is C28H38FN3O4S. The summed E-state index contributed by atoms with van der Waals surface area (Å²) in [6, 6.07) is 12.5. The van der Waals surface area contributed by atoms with Crippen LogP contribution >= 0.6 is 0 Å². The largest absolute Gasteiger partial charge is 0.352 e. The van der Waals surface area contributed by atoms with Crippen LogP contribution < -0.4 is 9.62 Å². The van der Waals surface area contributed by atoms with Crippen LogP contribution in [0, 0.1) is 12.7 Å². The van der Waals surface area contributed by atoms with Gasteiger partial charge in [-0.05, 0) is 62.4 Å². The smallest absolute Gasteiger partial charge is 0.242 e. The zero-order chi connectivity index (χ0) is 27.0. The fraction of sp³-hybridized carbons (Fsp3) is 0.500. The average molecular weight is 532 g/mol. The van der Waals surface area contributed by atoms with Crippen LogP contribution in [0.15, 0.2) is 48.5 Å². The van der Waals surface area contributed by atoms with Gasteiger partial charge in [0.1, 0.15) is 11.9 Å². The van der Waals surface area contributed by atoms with Crippen molar-refractivity contribution in [1.29, 1.82) is 0 Å². The third kappa shape index (κ3) is 8.28. The van der Waals surface area contributed by atoms with Gasteiger partial charge in [-0.15, -0.1) is 0 Å². The summed E-state index contributed by atoms with van der Waals surface area (Å²) in [4.78, 5) is 28.0. The molecule has 1 aliphatic carbocycles. The van der Waals surface area contributed by atoms with E-state index in [0.717, 1.165) is 37.5 Å². The SMILES string of the molecule is Cc1ccccc1N(CCCC(=O)N(Cc1ccc(F)cc1)[C@@H](C)C(=O)NC1CCCCC1)S(C)(=O)=O. The third-order valence-corrected chi connectivity index (χ3v) is 8.10. The second-order valence-corrected chi connectivity index (χ2v) is 11.8. The van der Waals surface area contributed by atoms with E-state index in [9.17, 15) is 22.4 Å². The van der Waals surface area contributed by atoms with Crippen molar-refractivity contribution in [3.05, 3.63) is 65.5 Å². The zero-order valence-corrected chi connectivity index (χ0v) is 22.8. The Morgan fingerprint density at radius 3 is 2.32 bits per heavy atom. The van der Waals surface area contributed by atoms with Gasteiger partial charge >= 0.3 is 0 Å². The van der Waals surface area contributed by atoms with Crippen LogP contribution in [0.25, 0.3) is 0 Å². The van der Waals surface area contributed by atoms with Crippen molar-refractivity contribution in [2.75, 3.05) is 17.1 Å². The molecule has 0 radical (unpaired) electrons. The highest BCUT2D eigenvalue weighted by Gasteiger charge is 2.28. The lowest BCUT2D eigenvalue weighted by molar-refractivity contribution is -0.141. The number of rotatable bonds is 11. The van der Waals surface area contributed by atoms with Crippen molar-refractivity contribution in [3.63, 3.8) is 0 Å². The molecule has 0 unspecified atom stereocenters. The van der Waals surface area contributed by atoms with Gasteiger partial charge in [-0.3, -0.25) is 13.9 Å². The number of nitrogens with one attached hydrogen (secondary N) is 1. The number of hydrogen-bond acceptors (Lipinski definition) is 4. The van der Waals surface area contributed by atoms with Crippen LogP contribution in [0.2, 0.25) is 0 Å². The lowest BCUT2D eigenvalue weighted by Gasteiger charge is -2.31. The summed E-state index contributed by atoms with van der Waals surface area (Å²) in [6.45, 7) is 3.85. The number of carbonyl (C=O) groups is 2. The summed E-state index contributed by atoms with van der Waals surface area (Å²) in [5.41, 5.74) is 2.12. The van der Waals surface area contributed by atoms with Gasteiger partial charge in [0.15, 0.2) is 0 Å². The standard InChI is InChI=1S/C28H38FN3O4S/c1-21-10-7-8-13-26(21)32(37(3,35)36)19-9-14-27(33)31(20-23-15-17-24(29)18-16-23)22(2)28(34)30-25-11-5-4-6-12-25/h7-8,10,13,15-18,22,25H,4-6,9,11-12,14,19-20H2,1-3H3,(H,30,34)/t22-/m0/s1. The van der Waals surface area contributed by atoms with Gasteiger partial charge in [0.2, 0.25) is 21.8 Å². The molecule has 9 heteroatoms. The van der Waals surface area contributed by atoms with E-state index in [0.29, 0.717) is 11.3 Å². The Bertz CT molecular complexity index is 1160. The number of sulfonamides is 1. The topological polar surface area (TPSA) is 86.8 Å². The first-order chi connectivity index (χ1) is 17.6. The number of halogens is 1. The van der Waals surface area contributed by atoms with Crippen LogP contribution in [0.5, 0.6) is 0 Å². The molecule has 0 heterocycles. The molecule has 1 atom stereocenters. The fourth-order valence-electron chi connectivity index (χ4n) is 4.76. The Kier molecular flexibility index (Phi) is 10.1. The number of carbonyl (C=O) groups excluding carboxylic acids is 2. The van der Waals surface area contributed by atoms with E-state index >= 15 is 0 Å². The van der Waals surface area contributed by atoms with E-state index in [1.54, 1.807) is 31.2 Å². The third-order valence-electron chi connectivity index (χ3n) is 6.92. The molecule has 1 N–H and O–H groups in total. The van der Waals surface area contributed by atoms with Gasteiger partial charge in [0.05, 0.1) is 11.9 Å². The monoisotopic (exact) mass is 531 g/mol. The summed E-state index contributed by atoms with van der Waals surface area (Å²) < 4.78 is 39.7. The van der Waals surface area contributed by atoms with Crippen molar-refractivity contribution in [1.82, 2.24) is 10.2 Å². The molecule has 1 aliphatic rings. The number of para-hydroxylation sites is 1. The molecule has 2 aromatic carbocycles. The summed E-state index contributed by atoms with van der Waals surface area (Å²) in [5, 5.41) is 3.09. The van der Waals surface area contributed by atoms with Crippen molar-refractivity contribution in [2.45, 2.75) is 77.4 Å². The first kappa shape index (κ1) is 28.6. The number of aryl methyl sites for hydroxylation is 1. The number of nitrogens with zero attached hydrogens (tertiary/aromatic N) is 2. The first-order valence-corrected chi connectivity index (χ1v) is 14.8. The normalized spacial score (nSPS) is 15.1. The maximum Gasteiger partial charge on any atom is 0.242 e. The van der Waals surface area contributed by atoms with Gasteiger partial charge < -0.3 is 10.2 Å². The maximum absolute atomic E-state index is 13.4. The highest BCUT2D eigenvalue weighted by molar-refractivity contribution is 7.92. The quantitative estimate of drug-likeness (QED) is 0.461. The highest BCUT2D eigenvalue weighted by Crippen LogP contribution is 2.23. The molecule has 0 bridgehead atoms. The van der Waals surface area contributed by atoms with Gasteiger partial charge in [-0.25, -0.2) is 12.8 Å². The lowest BCUT2D eigenvalue weighted by Crippen LogP contribution is -2.50. The highest BCUT2D eigenvalue weighted by atomic mass is 32.2. The molecule has 2 aromatic rings. The van der Waals surface area contributed by atoms with Crippen LogP contribution in [-0.4, -0.2) is 50.0 Å². The Morgan fingerprint density at radius 2 is 1.70 bits per heavy atom. The second-order valence-electron chi connectivity index (χ2n) is 9.89. The average Bonchev–Trinajstić information content (AvgIpc) is 2.86. The van der Waals surface area contributed by atoms with E-state index in [4.69, 9.17) is 0 Å². The number of benzene rings is 2. The van der Waals surface area contributed by atoms with Gasteiger partial charge in [-0.1, -0.05) is 49.6 Å². The minimum atomic E-state index is -3.55. The van der Waals surface area contributed by atoms with Crippen LogP contribution in [-0.2, 0) is 26.2 Å². The van der Waals surface area contributed by atoms with Gasteiger partial charge in [0, 0.05) is 25.6 Å². The van der Waals surface area contributed by atoms with Crippen molar-refractivity contribution in [2.24, 2.45) is 0 Å². The summed E-state index contributed by atoms with van der Waals surface area (Å²) >= 11 is 0. The van der Waals surface area contributed by atoms with Gasteiger partial charge in [-0.2, -0.15) is 0 Å². The van der Waals surface area contributed by atoms with Crippen LogP contribution in [0.3, 0.4) is 0 Å². The molecule has 0 spiro atoms. The molecule has 0 aliphatic heterocycles. The van der Waals surface area contributed by atoms with E-state index in [-0.39, 0.29) is 49.6 Å². The van der Waals surface area contributed by atoms with E-state index in [1.165, 1.54) is 27.8 Å². The number of hydrogen-bond donors (Lipinski definition) is 1. The Labute approximate surface area is 220 Å².